The third kappa shape index (κ3) is 2.83. The minimum absolute atomic E-state index is 0.0140. The number of rotatable bonds is 3. The average molecular weight is 316 g/mol. The van der Waals surface area contributed by atoms with Crippen LogP contribution in [-0.4, -0.2) is 24.8 Å². The van der Waals surface area contributed by atoms with Gasteiger partial charge in [-0.05, 0) is 48.9 Å². The van der Waals surface area contributed by atoms with Crippen molar-refractivity contribution in [2.24, 2.45) is 0 Å². The van der Waals surface area contributed by atoms with Gasteiger partial charge in [0, 0.05) is 10.6 Å². The number of anilines is 1. The molecule has 2 aromatic carbocycles. The Hall–Kier alpha value is -2.33. The second-order valence-electron chi connectivity index (χ2n) is 5.17. The summed E-state index contributed by atoms with van der Waals surface area (Å²) in [6, 6.07) is 12.2. The maximum Gasteiger partial charge on any atom is 0.265 e. The molecule has 5 heteroatoms. The Labute approximate surface area is 133 Å². The number of carbonyl (C=O) groups is 2. The molecule has 1 heterocycles. The van der Waals surface area contributed by atoms with Gasteiger partial charge in [0.1, 0.15) is 5.75 Å². The molecule has 0 aliphatic carbocycles. The molecule has 0 saturated carbocycles. The predicted molar refractivity (Wildman–Crippen MR) is 84.8 cm³/mol. The Morgan fingerprint density at radius 3 is 2.68 bits per heavy atom. The van der Waals surface area contributed by atoms with E-state index in [0.717, 1.165) is 5.56 Å². The van der Waals surface area contributed by atoms with Gasteiger partial charge >= 0.3 is 0 Å². The van der Waals surface area contributed by atoms with Crippen LogP contribution in [0.1, 0.15) is 15.9 Å². The number of hydrogen-bond donors (Lipinski definition) is 0. The summed E-state index contributed by atoms with van der Waals surface area (Å²) in [6.45, 7) is 1.88. The van der Waals surface area contributed by atoms with Gasteiger partial charge in [0.25, 0.3) is 5.91 Å². The van der Waals surface area contributed by atoms with E-state index in [0.29, 0.717) is 22.0 Å². The normalized spacial score (nSPS) is 13.5. The molecule has 0 unspecified atom stereocenters. The molecule has 4 nitrogen and oxygen atoms in total. The lowest BCUT2D eigenvalue weighted by atomic mass is 10.1. The van der Waals surface area contributed by atoms with Crippen LogP contribution in [0.4, 0.5) is 5.69 Å². The van der Waals surface area contributed by atoms with Crippen LogP contribution < -0.4 is 9.64 Å². The first-order valence-corrected chi connectivity index (χ1v) is 7.25. The molecule has 1 aliphatic heterocycles. The zero-order valence-electron chi connectivity index (χ0n) is 12.0. The van der Waals surface area contributed by atoms with Crippen molar-refractivity contribution in [2.75, 3.05) is 18.1 Å². The minimum Gasteiger partial charge on any atom is -0.482 e. The number of amides is 1. The molecule has 2 aromatic rings. The van der Waals surface area contributed by atoms with E-state index in [-0.39, 0.29) is 24.8 Å². The van der Waals surface area contributed by atoms with Gasteiger partial charge in [-0.3, -0.25) is 14.5 Å². The van der Waals surface area contributed by atoms with Gasteiger partial charge < -0.3 is 4.74 Å². The quantitative estimate of drug-likeness (QED) is 0.817. The van der Waals surface area contributed by atoms with Crippen molar-refractivity contribution in [2.45, 2.75) is 6.92 Å². The van der Waals surface area contributed by atoms with E-state index in [1.165, 1.54) is 4.90 Å². The monoisotopic (exact) mass is 315 g/mol. The minimum atomic E-state index is -0.223. The summed E-state index contributed by atoms with van der Waals surface area (Å²) in [5.41, 5.74) is 2.19. The molecule has 0 atom stereocenters. The highest BCUT2D eigenvalue weighted by molar-refractivity contribution is 6.30. The van der Waals surface area contributed by atoms with Crippen LogP contribution in [0.5, 0.6) is 5.75 Å². The van der Waals surface area contributed by atoms with Gasteiger partial charge in [0.05, 0.1) is 12.2 Å². The molecule has 1 aliphatic rings. The lowest BCUT2D eigenvalue weighted by Crippen LogP contribution is -2.42. The molecular weight excluding hydrogens is 302 g/mol. The fourth-order valence-corrected chi connectivity index (χ4v) is 2.48. The first-order chi connectivity index (χ1) is 10.5. The van der Waals surface area contributed by atoms with E-state index in [1.54, 1.807) is 30.3 Å². The van der Waals surface area contributed by atoms with E-state index in [9.17, 15) is 9.59 Å². The van der Waals surface area contributed by atoms with E-state index in [4.69, 9.17) is 16.3 Å². The number of ketones is 1. The van der Waals surface area contributed by atoms with E-state index < -0.39 is 0 Å². The number of halogens is 1. The zero-order valence-corrected chi connectivity index (χ0v) is 12.8. The molecule has 0 bridgehead atoms. The smallest absolute Gasteiger partial charge is 0.265 e. The first kappa shape index (κ1) is 14.6. The molecule has 1 amide bonds. The molecule has 0 aromatic heterocycles. The first-order valence-electron chi connectivity index (χ1n) is 6.87. The zero-order chi connectivity index (χ0) is 15.7. The number of fused-ring (bicyclic) bond motifs is 1. The van der Waals surface area contributed by atoms with Gasteiger partial charge in [-0.2, -0.15) is 0 Å². The fourth-order valence-electron chi connectivity index (χ4n) is 2.36. The Kier molecular flexibility index (Phi) is 3.86. The standard InChI is InChI=1S/C17H14ClNO3/c1-11-2-7-14-16(8-11)22-10-17(21)19(14)9-15(20)12-3-5-13(18)6-4-12/h2-8H,9-10H2,1H3. The highest BCUT2D eigenvalue weighted by atomic mass is 35.5. The summed E-state index contributed by atoms with van der Waals surface area (Å²) in [4.78, 5) is 25.9. The molecule has 0 fully saturated rings. The van der Waals surface area contributed by atoms with E-state index >= 15 is 0 Å². The number of aryl methyl sites for hydroxylation is 1. The van der Waals surface area contributed by atoms with Crippen molar-refractivity contribution in [1.82, 2.24) is 0 Å². The largest absolute Gasteiger partial charge is 0.482 e. The van der Waals surface area contributed by atoms with Gasteiger partial charge in [0.15, 0.2) is 12.4 Å². The number of Topliss-reactive ketones (excluding diaryl/α,β-unsaturated/α-hetero) is 1. The Morgan fingerprint density at radius 2 is 1.95 bits per heavy atom. The van der Waals surface area contributed by atoms with Crippen LogP contribution in [0.2, 0.25) is 5.02 Å². The van der Waals surface area contributed by atoms with Gasteiger partial charge in [-0.1, -0.05) is 17.7 Å². The lowest BCUT2D eigenvalue weighted by Gasteiger charge is -2.29. The highest BCUT2D eigenvalue weighted by Gasteiger charge is 2.27. The molecule has 0 spiro atoms. The number of benzene rings is 2. The number of nitrogens with zero attached hydrogens (tertiary/aromatic N) is 1. The number of hydrogen-bond acceptors (Lipinski definition) is 3. The second-order valence-corrected chi connectivity index (χ2v) is 5.61. The second kappa shape index (κ2) is 5.81. The molecule has 0 N–H and O–H groups in total. The van der Waals surface area contributed by atoms with Crippen LogP contribution >= 0.6 is 11.6 Å². The van der Waals surface area contributed by atoms with Crippen LogP contribution in [0.15, 0.2) is 42.5 Å². The molecule has 0 radical (unpaired) electrons. The van der Waals surface area contributed by atoms with Gasteiger partial charge in [0.2, 0.25) is 0 Å². The molecule has 0 saturated heterocycles. The predicted octanol–water partition coefficient (Wildman–Crippen LogP) is 3.26. The van der Waals surface area contributed by atoms with Crippen molar-refractivity contribution in [3.63, 3.8) is 0 Å². The summed E-state index contributed by atoms with van der Waals surface area (Å²) in [5, 5.41) is 0.569. The van der Waals surface area contributed by atoms with Crippen LogP contribution in [0, 0.1) is 6.92 Å². The van der Waals surface area contributed by atoms with Crippen molar-refractivity contribution in [3.8, 4) is 5.75 Å². The molecule has 22 heavy (non-hydrogen) atoms. The molecular formula is C17H14ClNO3. The topological polar surface area (TPSA) is 46.6 Å². The van der Waals surface area contributed by atoms with Crippen molar-refractivity contribution < 1.29 is 14.3 Å². The number of ether oxygens (including phenoxy) is 1. The summed E-state index contributed by atoms with van der Waals surface area (Å²) >= 11 is 5.82. The van der Waals surface area contributed by atoms with Crippen LogP contribution in [0.3, 0.4) is 0 Å². The van der Waals surface area contributed by atoms with Crippen molar-refractivity contribution in [3.05, 3.63) is 58.6 Å². The summed E-state index contributed by atoms with van der Waals surface area (Å²) < 4.78 is 5.43. The average Bonchev–Trinajstić information content (AvgIpc) is 2.50. The summed E-state index contributed by atoms with van der Waals surface area (Å²) in [6.07, 6.45) is 0. The summed E-state index contributed by atoms with van der Waals surface area (Å²) in [5.74, 6) is 0.264. The maximum atomic E-state index is 12.4. The summed E-state index contributed by atoms with van der Waals surface area (Å²) in [7, 11) is 0. The Balaban J connectivity index is 1.87. The third-order valence-corrected chi connectivity index (χ3v) is 3.78. The maximum absolute atomic E-state index is 12.4. The molecule has 112 valence electrons. The van der Waals surface area contributed by atoms with Crippen molar-refractivity contribution >= 4 is 29.0 Å². The van der Waals surface area contributed by atoms with Gasteiger partial charge in [-0.25, -0.2) is 0 Å². The van der Waals surface area contributed by atoms with Crippen LogP contribution in [0.25, 0.3) is 0 Å². The Morgan fingerprint density at radius 1 is 1.23 bits per heavy atom. The van der Waals surface area contributed by atoms with E-state index in [2.05, 4.69) is 0 Å². The lowest BCUT2D eigenvalue weighted by molar-refractivity contribution is -0.121. The van der Waals surface area contributed by atoms with Crippen LogP contribution in [-0.2, 0) is 4.79 Å². The fraction of sp³-hybridized carbons (Fsp3) is 0.176. The SMILES string of the molecule is Cc1ccc2c(c1)OCC(=O)N2CC(=O)c1ccc(Cl)cc1. The highest BCUT2D eigenvalue weighted by Crippen LogP contribution is 2.32. The van der Waals surface area contributed by atoms with E-state index in [1.807, 2.05) is 19.1 Å². The van der Waals surface area contributed by atoms with Crippen molar-refractivity contribution in [1.29, 1.82) is 0 Å². The number of carbonyl (C=O) groups excluding carboxylic acids is 2. The van der Waals surface area contributed by atoms with Gasteiger partial charge in [-0.15, -0.1) is 0 Å². The third-order valence-electron chi connectivity index (χ3n) is 3.53. The molecule has 3 rings (SSSR count). The Bertz CT molecular complexity index is 740.